The van der Waals surface area contributed by atoms with Gasteiger partial charge in [0.05, 0.1) is 17.6 Å². The first-order valence-corrected chi connectivity index (χ1v) is 11.2. The van der Waals surface area contributed by atoms with Crippen LogP contribution in [0.15, 0.2) is 22.8 Å². The van der Waals surface area contributed by atoms with Crippen molar-refractivity contribution in [3.05, 3.63) is 33.9 Å². The summed E-state index contributed by atoms with van der Waals surface area (Å²) in [6.45, 7) is 4.71. The quantitative estimate of drug-likeness (QED) is 0.468. The predicted octanol–water partition coefficient (Wildman–Crippen LogP) is 2.38. The molecule has 4 rings (SSSR count). The minimum atomic E-state index is -0.827. The van der Waals surface area contributed by atoms with Gasteiger partial charge < -0.3 is 31.7 Å². The lowest BCUT2D eigenvalue weighted by Gasteiger charge is -2.32. The zero-order valence-corrected chi connectivity index (χ0v) is 19.7. The molecule has 1 aromatic heterocycles. The molecule has 2 aliphatic rings. The van der Waals surface area contributed by atoms with Gasteiger partial charge in [-0.2, -0.15) is 4.98 Å². The van der Waals surface area contributed by atoms with Crippen molar-refractivity contribution in [2.24, 2.45) is 11.5 Å². The number of carbonyl (C=O) groups is 3. The molecular formula is C21H24BrN7O4. The van der Waals surface area contributed by atoms with Crippen LogP contribution in [-0.2, 0) is 14.9 Å². The molecule has 0 bridgehead atoms. The van der Waals surface area contributed by atoms with Gasteiger partial charge in [-0.15, -0.1) is 0 Å². The van der Waals surface area contributed by atoms with Crippen molar-refractivity contribution >= 4 is 57.0 Å². The highest BCUT2D eigenvalue weighted by molar-refractivity contribution is 9.10. The number of piperidine rings is 1. The standard InChI is InChI=1S/C21H24BrN7O4/c1-21(2)13-6-10(7-14(22)15(13)27-18(21)31)26-17-12(16(23)30)8-25-20(28-17)29-5-3-4-11(9-29)33-19(24)32/h6-8,11H,3-5,9H2,1-2H3,(H2,23,30)(H2,24,32)(H,27,31)(H,25,26,28). The van der Waals surface area contributed by atoms with Crippen LogP contribution in [0.25, 0.3) is 0 Å². The molecule has 174 valence electrons. The lowest BCUT2D eigenvalue weighted by molar-refractivity contribution is -0.119. The molecule has 0 spiro atoms. The van der Waals surface area contributed by atoms with Crippen molar-refractivity contribution in [2.45, 2.75) is 38.2 Å². The van der Waals surface area contributed by atoms with Gasteiger partial charge in [-0.05, 0) is 60.3 Å². The number of nitrogens with zero attached hydrogens (tertiary/aromatic N) is 3. The Morgan fingerprint density at radius 2 is 2.09 bits per heavy atom. The molecule has 11 nitrogen and oxygen atoms in total. The Kier molecular flexibility index (Phi) is 5.87. The summed E-state index contributed by atoms with van der Waals surface area (Å²) in [5, 5.41) is 6.03. The van der Waals surface area contributed by atoms with Crippen molar-refractivity contribution in [3.8, 4) is 0 Å². The molecule has 1 aromatic carbocycles. The van der Waals surface area contributed by atoms with E-state index >= 15 is 0 Å². The van der Waals surface area contributed by atoms with Gasteiger partial charge in [-0.1, -0.05) is 0 Å². The Bertz CT molecular complexity index is 1150. The molecular weight excluding hydrogens is 494 g/mol. The van der Waals surface area contributed by atoms with Gasteiger partial charge in [0.15, 0.2) is 0 Å². The number of fused-ring (bicyclic) bond motifs is 1. The van der Waals surface area contributed by atoms with Crippen LogP contribution in [0.4, 0.5) is 27.9 Å². The number of amides is 3. The lowest BCUT2D eigenvalue weighted by atomic mass is 9.86. The summed E-state index contributed by atoms with van der Waals surface area (Å²) in [6, 6.07) is 3.62. The molecule has 1 unspecified atom stereocenters. The fourth-order valence-electron chi connectivity index (χ4n) is 4.01. The fourth-order valence-corrected chi connectivity index (χ4v) is 4.57. The van der Waals surface area contributed by atoms with Crippen LogP contribution in [0.5, 0.6) is 0 Å². The summed E-state index contributed by atoms with van der Waals surface area (Å²) in [5.74, 6) is -0.199. The molecule has 33 heavy (non-hydrogen) atoms. The molecule has 0 aliphatic carbocycles. The number of hydrogen-bond acceptors (Lipinski definition) is 8. The number of primary amides is 2. The van der Waals surface area contributed by atoms with Gasteiger partial charge in [0.2, 0.25) is 11.9 Å². The summed E-state index contributed by atoms with van der Waals surface area (Å²) >= 11 is 3.50. The number of anilines is 4. The molecule has 1 atom stereocenters. The van der Waals surface area contributed by atoms with E-state index in [2.05, 4.69) is 36.5 Å². The second-order valence-electron chi connectivity index (χ2n) is 8.53. The van der Waals surface area contributed by atoms with E-state index in [0.717, 1.165) is 12.0 Å². The molecule has 2 aromatic rings. The Labute approximate surface area is 198 Å². The number of carbonyl (C=O) groups excluding carboxylic acids is 3. The van der Waals surface area contributed by atoms with Crippen LogP contribution in [-0.4, -0.2) is 47.1 Å². The molecule has 0 saturated carbocycles. The Morgan fingerprint density at radius 3 is 2.79 bits per heavy atom. The zero-order valence-electron chi connectivity index (χ0n) is 18.1. The van der Waals surface area contributed by atoms with Gasteiger partial charge in [0.25, 0.3) is 5.91 Å². The van der Waals surface area contributed by atoms with E-state index < -0.39 is 17.4 Å². The van der Waals surface area contributed by atoms with Crippen LogP contribution < -0.4 is 27.0 Å². The van der Waals surface area contributed by atoms with Crippen LogP contribution in [0.1, 0.15) is 42.6 Å². The number of nitrogens with two attached hydrogens (primary N) is 2. The first kappa shape index (κ1) is 22.8. The number of benzene rings is 1. The van der Waals surface area contributed by atoms with E-state index in [9.17, 15) is 14.4 Å². The molecule has 0 radical (unpaired) electrons. The second kappa shape index (κ2) is 8.50. The predicted molar refractivity (Wildman–Crippen MR) is 126 cm³/mol. The Hall–Kier alpha value is -3.41. The Morgan fingerprint density at radius 1 is 1.33 bits per heavy atom. The molecule has 6 N–H and O–H groups in total. The van der Waals surface area contributed by atoms with Crippen LogP contribution in [0.3, 0.4) is 0 Å². The molecule has 1 fully saturated rings. The van der Waals surface area contributed by atoms with Gasteiger partial charge in [-0.3, -0.25) is 9.59 Å². The molecule has 3 amide bonds. The maximum Gasteiger partial charge on any atom is 0.404 e. The van der Waals surface area contributed by atoms with E-state index in [1.54, 1.807) is 6.07 Å². The third kappa shape index (κ3) is 4.42. The highest BCUT2D eigenvalue weighted by Crippen LogP contribution is 2.43. The first-order chi connectivity index (χ1) is 15.6. The third-order valence-electron chi connectivity index (χ3n) is 5.82. The maximum absolute atomic E-state index is 12.4. The van der Waals surface area contributed by atoms with Crippen molar-refractivity contribution < 1.29 is 19.1 Å². The van der Waals surface area contributed by atoms with Gasteiger partial charge in [-0.25, -0.2) is 9.78 Å². The first-order valence-electron chi connectivity index (χ1n) is 10.4. The van der Waals surface area contributed by atoms with E-state index in [1.165, 1.54) is 6.20 Å². The van der Waals surface area contributed by atoms with Crippen LogP contribution in [0, 0.1) is 0 Å². The molecule has 12 heteroatoms. The van der Waals surface area contributed by atoms with Crippen LogP contribution >= 0.6 is 15.9 Å². The molecule has 2 aliphatic heterocycles. The van der Waals surface area contributed by atoms with Crippen molar-refractivity contribution in [2.75, 3.05) is 28.6 Å². The number of rotatable bonds is 5. The van der Waals surface area contributed by atoms with E-state index in [-0.39, 0.29) is 23.4 Å². The summed E-state index contributed by atoms with van der Waals surface area (Å²) in [6.07, 6.45) is 1.62. The largest absolute Gasteiger partial charge is 0.445 e. The van der Waals surface area contributed by atoms with E-state index in [1.807, 2.05) is 24.8 Å². The monoisotopic (exact) mass is 517 g/mol. The number of ether oxygens (including phenoxy) is 1. The third-order valence-corrected chi connectivity index (χ3v) is 6.44. The minimum absolute atomic E-state index is 0.102. The minimum Gasteiger partial charge on any atom is -0.445 e. The average molecular weight is 518 g/mol. The normalized spacial score (nSPS) is 18.9. The fraction of sp³-hybridized carbons (Fsp3) is 0.381. The number of aromatic nitrogens is 2. The molecule has 1 saturated heterocycles. The van der Waals surface area contributed by atoms with E-state index in [0.29, 0.717) is 41.3 Å². The maximum atomic E-state index is 12.4. The van der Waals surface area contributed by atoms with Crippen molar-refractivity contribution in [3.63, 3.8) is 0 Å². The van der Waals surface area contributed by atoms with Gasteiger partial charge >= 0.3 is 6.09 Å². The average Bonchev–Trinajstić information content (AvgIpc) is 2.97. The highest BCUT2D eigenvalue weighted by Gasteiger charge is 2.39. The number of nitrogens with one attached hydrogen (secondary N) is 2. The molecule has 3 heterocycles. The van der Waals surface area contributed by atoms with E-state index in [4.69, 9.17) is 16.2 Å². The summed E-state index contributed by atoms with van der Waals surface area (Å²) in [5.41, 5.74) is 12.2. The summed E-state index contributed by atoms with van der Waals surface area (Å²) in [4.78, 5) is 46.2. The second-order valence-corrected chi connectivity index (χ2v) is 9.38. The highest BCUT2D eigenvalue weighted by atomic mass is 79.9. The van der Waals surface area contributed by atoms with Gasteiger partial charge in [0.1, 0.15) is 17.5 Å². The topological polar surface area (TPSA) is 166 Å². The summed E-state index contributed by atoms with van der Waals surface area (Å²) in [7, 11) is 0. The van der Waals surface area contributed by atoms with Crippen LogP contribution in [0.2, 0.25) is 0 Å². The smallest absolute Gasteiger partial charge is 0.404 e. The number of halogens is 1. The number of hydrogen-bond donors (Lipinski definition) is 4. The Balaban J connectivity index is 1.66. The SMILES string of the molecule is CC1(C)C(=O)Nc2c(Br)cc(Nc3nc(N4CCCC(OC(N)=O)C4)ncc3C(N)=O)cc21. The lowest BCUT2D eigenvalue weighted by Crippen LogP contribution is -2.42. The summed E-state index contributed by atoms with van der Waals surface area (Å²) < 4.78 is 5.82. The zero-order chi connectivity index (χ0) is 23.9. The van der Waals surface area contributed by atoms with Gasteiger partial charge in [0, 0.05) is 22.9 Å². The van der Waals surface area contributed by atoms with Crippen molar-refractivity contribution in [1.82, 2.24) is 9.97 Å². The van der Waals surface area contributed by atoms with Crippen molar-refractivity contribution in [1.29, 1.82) is 0 Å².